The van der Waals surface area contributed by atoms with E-state index in [4.69, 9.17) is 5.10 Å². The van der Waals surface area contributed by atoms with Crippen molar-refractivity contribution in [3.63, 3.8) is 0 Å². The summed E-state index contributed by atoms with van der Waals surface area (Å²) in [6, 6.07) is 26.1. The molecule has 0 bridgehead atoms. The Bertz CT molecular complexity index is 1220. The Balaban J connectivity index is 1.40. The van der Waals surface area contributed by atoms with Gasteiger partial charge in [0, 0.05) is 43.2 Å². The summed E-state index contributed by atoms with van der Waals surface area (Å²) < 4.78 is 29.0. The van der Waals surface area contributed by atoms with Crippen LogP contribution in [-0.4, -0.2) is 34.3 Å². The molecule has 2 heterocycles. The van der Waals surface area contributed by atoms with Gasteiger partial charge in [0.25, 0.3) is 0 Å². The first-order valence-electron chi connectivity index (χ1n) is 11.9. The largest absolute Gasteiger partial charge is 0.302 e. The fourth-order valence-electron chi connectivity index (χ4n) is 5.15. The lowest BCUT2D eigenvalue weighted by Gasteiger charge is -2.39. The van der Waals surface area contributed by atoms with Gasteiger partial charge in [0.2, 0.25) is 0 Å². The van der Waals surface area contributed by atoms with Crippen LogP contribution >= 0.6 is 0 Å². The molecule has 34 heavy (non-hydrogen) atoms. The van der Waals surface area contributed by atoms with E-state index < -0.39 is 0 Å². The lowest BCUT2D eigenvalue weighted by atomic mass is 9.78. The molecule has 0 amide bonds. The maximum absolute atomic E-state index is 13.7. The molecule has 1 aromatic heterocycles. The van der Waals surface area contributed by atoms with Gasteiger partial charge < -0.3 is 4.90 Å². The zero-order valence-electron chi connectivity index (χ0n) is 19.4. The second-order valence-corrected chi connectivity index (χ2v) is 9.17. The molecule has 3 nitrogen and oxygen atoms in total. The molecular weight excluding hydrogens is 428 g/mol. The van der Waals surface area contributed by atoms with E-state index >= 15 is 0 Å². The standard InChI is InChI=1S/C29H29F2N3/c1-33-29(19-28(32-33)23-9-13-25(31)14-10-23)26-16-18-34(17-15-21-5-3-2-4-6-21)20-27(26)22-7-11-24(30)12-8-22/h2-14,19,26-27H,15-18,20H2,1H3. The third-order valence-corrected chi connectivity index (χ3v) is 6.99. The maximum Gasteiger partial charge on any atom is 0.123 e. The second kappa shape index (κ2) is 9.90. The summed E-state index contributed by atoms with van der Waals surface area (Å²) in [5.41, 5.74) is 5.42. The molecule has 4 aromatic rings. The van der Waals surface area contributed by atoms with Crippen LogP contribution in [0.1, 0.15) is 35.1 Å². The first kappa shape index (κ1) is 22.5. The number of piperidine rings is 1. The topological polar surface area (TPSA) is 21.1 Å². The minimum Gasteiger partial charge on any atom is -0.302 e. The van der Waals surface area contributed by atoms with Gasteiger partial charge in [-0.05, 0) is 73.0 Å². The molecule has 1 fully saturated rings. The molecule has 5 rings (SSSR count). The molecule has 5 heteroatoms. The number of aromatic nitrogens is 2. The zero-order chi connectivity index (χ0) is 23.5. The van der Waals surface area contributed by atoms with E-state index in [9.17, 15) is 8.78 Å². The van der Waals surface area contributed by atoms with Gasteiger partial charge in [-0.3, -0.25) is 4.68 Å². The first-order valence-corrected chi connectivity index (χ1v) is 11.9. The van der Waals surface area contributed by atoms with Crippen LogP contribution in [0.3, 0.4) is 0 Å². The number of benzene rings is 3. The molecule has 0 aliphatic carbocycles. The van der Waals surface area contributed by atoms with Gasteiger partial charge in [-0.25, -0.2) is 8.78 Å². The van der Waals surface area contributed by atoms with Crippen molar-refractivity contribution >= 4 is 0 Å². The molecule has 0 radical (unpaired) electrons. The van der Waals surface area contributed by atoms with Crippen LogP contribution in [0.2, 0.25) is 0 Å². The van der Waals surface area contributed by atoms with Crippen molar-refractivity contribution in [2.24, 2.45) is 7.05 Å². The molecule has 2 atom stereocenters. The van der Waals surface area contributed by atoms with E-state index in [1.165, 1.54) is 17.7 Å². The van der Waals surface area contributed by atoms with Gasteiger partial charge in [-0.15, -0.1) is 0 Å². The molecule has 0 spiro atoms. The number of rotatable bonds is 6. The summed E-state index contributed by atoms with van der Waals surface area (Å²) in [4.78, 5) is 2.52. The van der Waals surface area contributed by atoms with Crippen molar-refractivity contribution in [2.45, 2.75) is 24.7 Å². The SMILES string of the molecule is Cn1nc(-c2ccc(F)cc2)cc1C1CCN(CCc2ccccc2)CC1c1ccc(F)cc1. The van der Waals surface area contributed by atoms with Crippen LogP contribution in [0, 0.1) is 11.6 Å². The minimum absolute atomic E-state index is 0.212. The number of hydrogen-bond donors (Lipinski definition) is 0. The fraction of sp³-hybridized carbons (Fsp3) is 0.276. The van der Waals surface area contributed by atoms with Crippen molar-refractivity contribution in [1.82, 2.24) is 14.7 Å². The molecule has 0 saturated carbocycles. The van der Waals surface area contributed by atoms with Gasteiger partial charge in [0.1, 0.15) is 11.6 Å². The Kier molecular flexibility index (Phi) is 6.54. The summed E-state index contributed by atoms with van der Waals surface area (Å²) >= 11 is 0. The van der Waals surface area contributed by atoms with E-state index in [0.717, 1.165) is 55.0 Å². The van der Waals surface area contributed by atoms with E-state index in [1.807, 2.05) is 29.9 Å². The highest BCUT2D eigenvalue weighted by Crippen LogP contribution is 2.40. The Labute approximate surface area is 199 Å². The number of hydrogen-bond acceptors (Lipinski definition) is 2. The fourth-order valence-corrected chi connectivity index (χ4v) is 5.15. The predicted molar refractivity (Wildman–Crippen MR) is 132 cm³/mol. The normalized spacial score (nSPS) is 18.8. The minimum atomic E-state index is -0.251. The molecule has 1 saturated heterocycles. The smallest absolute Gasteiger partial charge is 0.123 e. The van der Waals surface area contributed by atoms with Crippen molar-refractivity contribution in [3.8, 4) is 11.3 Å². The number of nitrogens with zero attached hydrogens (tertiary/aromatic N) is 3. The lowest BCUT2D eigenvalue weighted by molar-refractivity contribution is 0.188. The second-order valence-electron chi connectivity index (χ2n) is 9.17. The highest BCUT2D eigenvalue weighted by molar-refractivity contribution is 5.59. The number of likely N-dealkylation sites (tertiary alicyclic amines) is 1. The van der Waals surface area contributed by atoms with Crippen molar-refractivity contribution in [2.75, 3.05) is 19.6 Å². The van der Waals surface area contributed by atoms with Crippen molar-refractivity contribution in [1.29, 1.82) is 0 Å². The maximum atomic E-state index is 13.7. The van der Waals surface area contributed by atoms with Gasteiger partial charge in [-0.1, -0.05) is 42.5 Å². The third-order valence-electron chi connectivity index (χ3n) is 6.99. The highest BCUT2D eigenvalue weighted by Gasteiger charge is 2.33. The Morgan fingerprint density at radius 3 is 2.24 bits per heavy atom. The van der Waals surface area contributed by atoms with Crippen molar-refractivity contribution < 1.29 is 8.78 Å². The van der Waals surface area contributed by atoms with Gasteiger partial charge in [-0.2, -0.15) is 5.10 Å². The quantitative estimate of drug-likeness (QED) is 0.345. The molecule has 3 aromatic carbocycles. The summed E-state index contributed by atoms with van der Waals surface area (Å²) in [7, 11) is 1.98. The summed E-state index contributed by atoms with van der Waals surface area (Å²) in [6.07, 6.45) is 2.02. The van der Waals surface area contributed by atoms with E-state index in [1.54, 1.807) is 24.3 Å². The van der Waals surface area contributed by atoms with Crippen LogP contribution in [0.4, 0.5) is 8.78 Å². The van der Waals surface area contributed by atoms with Gasteiger partial charge in [0.05, 0.1) is 5.69 Å². The van der Waals surface area contributed by atoms with Crippen LogP contribution < -0.4 is 0 Å². The van der Waals surface area contributed by atoms with Gasteiger partial charge in [0.15, 0.2) is 0 Å². The lowest BCUT2D eigenvalue weighted by Crippen LogP contribution is -2.40. The number of aryl methyl sites for hydroxylation is 1. The third kappa shape index (κ3) is 4.95. The summed E-state index contributed by atoms with van der Waals surface area (Å²) in [5.74, 6) is 0.0436. The summed E-state index contributed by atoms with van der Waals surface area (Å²) in [6.45, 7) is 2.92. The van der Waals surface area contributed by atoms with E-state index in [-0.39, 0.29) is 23.5 Å². The highest BCUT2D eigenvalue weighted by atomic mass is 19.1. The predicted octanol–water partition coefficient (Wildman–Crippen LogP) is 6.18. The Hall–Kier alpha value is -3.31. The Morgan fingerprint density at radius 2 is 1.53 bits per heavy atom. The molecular formula is C29H29F2N3. The molecule has 2 unspecified atom stereocenters. The summed E-state index contributed by atoms with van der Waals surface area (Å²) in [5, 5.41) is 4.74. The Morgan fingerprint density at radius 1 is 0.853 bits per heavy atom. The molecule has 0 N–H and O–H groups in total. The molecule has 174 valence electrons. The van der Waals surface area contributed by atoms with Crippen LogP contribution in [0.25, 0.3) is 11.3 Å². The average molecular weight is 458 g/mol. The van der Waals surface area contributed by atoms with Crippen LogP contribution in [0.5, 0.6) is 0 Å². The monoisotopic (exact) mass is 457 g/mol. The van der Waals surface area contributed by atoms with E-state index in [0.29, 0.717) is 0 Å². The van der Waals surface area contributed by atoms with Crippen LogP contribution in [-0.2, 0) is 13.5 Å². The average Bonchev–Trinajstić information content (AvgIpc) is 3.25. The zero-order valence-corrected chi connectivity index (χ0v) is 19.4. The van der Waals surface area contributed by atoms with Gasteiger partial charge >= 0.3 is 0 Å². The van der Waals surface area contributed by atoms with Crippen LogP contribution in [0.15, 0.2) is 84.9 Å². The van der Waals surface area contributed by atoms with Crippen molar-refractivity contribution in [3.05, 3.63) is 113 Å². The first-order chi connectivity index (χ1) is 16.6. The number of halogens is 2. The molecule has 1 aliphatic heterocycles. The molecule has 1 aliphatic rings. The van der Waals surface area contributed by atoms with E-state index in [2.05, 4.69) is 35.2 Å².